The minimum absolute atomic E-state index is 0.337. The molecule has 0 aromatic heterocycles. The van der Waals surface area contributed by atoms with Crippen LogP contribution >= 0.6 is 0 Å². The largest absolute Gasteiger partial charge is 0.369 e. The molecule has 0 spiro atoms. The molecule has 0 saturated carbocycles. The Balaban J connectivity index is 2.96. The molecular formula is C8H10N4. The molecule has 0 fully saturated rings. The van der Waals surface area contributed by atoms with Crippen molar-refractivity contribution in [1.82, 2.24) is 5.32 Å². The number of guanidine groups is 1. The van der Waals surface area contributed by atoms with E-state index in [4.69, 9.17) is 5.73 Å². The number of hydrogen-bond donors (Lipinski definition) is 2. The van der Waals surface area contributed by atoms with E-state index < -0.39 is 0 Å². The van der Waals surface area contributed by atoms with Crippen molar-refractivity contribution < 1.29 is 0 Å². The molecule has 0 aliphatic carbocycles. The monoisotopic (exact) mass is 162 g/mol. The molecule has 1 aliphatic heterocycles. The summed E-state index contributed by atoms with van der Waals surface area (Å²) in [4.78, 5) is 7.91. The molecule has 0 bridgehead atoms. The summed E-state index contributed by atoms with van der Waals surface area (Å²) >= 11 is 0. The van der Waals surface area contributed by atoms with Crippen molar-refractivity contribution in [2.75, 3.05) is 0 Å². The molecule has 0 atom stereocenters. The summed E-state index contributed by atoms with van der Waals surface area (Å²) in [7, 11) is 0. The first-order valence-electron chi connectivity index (χ1n) is 3.41. The molecule has 1 rings (SSSR count). The Labute approximate surface area is 70.9 Å². The van der Waals surface area contributed by atoms with Gasteiger partial charge in [0.05, 0.1) is 0 Å². The van der Waals surface area contributed by atoms with Crippen molar-refractivity contribution in [2.24, 2.45) is 15.7 Å². The maximum absolute atomic E-state index is 5.42. The van der Waals surface area contributed by atoms with Gasteiger partial charge in [-0.25, -0.2) is 9.98 Å². The highest BCUT2D eigenvalue weighted by Gasteiger charge is 2.13. The van der Waals surface area contributed by atoms with Crippen molar-refractivity contribution in [3.05, 3.63) is 37.2 Å². The Morgan fingerprint density at radius 3 is 2.83 bits per heavy atom. The van der Waals surface area contributed by atoms with Gasteiger partial charge in [0.2, 0.25) is 0 Å². The second-order valence-electron chi connectivity index (χ2n) is 2.07. The summed E-state index contributed by atoms with van der Waals surface area (Å²) in [5, 5.41) is 2.78. The Kier molecular flexibility index (Phi) is 2.42. The van der Waals surface area contributed by atoms with Crippen LogP contribution < -0.4 is 11.1 Å². The first kappa shape index (κ1) is 8.26. The average Bonchev–Trinajstić information content (AvgIpc) is 2.33. The van der Waals surface area contributed by atoms with E-state index in [2.05, 4.69) is 28.5 Å². The van der Waals surface area contributed by atoms with Crippen LogP contribution in [0.25, 0.3) is 0 Å². The predicted molar refractivity (Wildman–Crippen MR) is 50.7 cm³/mol. The number of nitrogens with zero attached hydrogens (tertiary/aromatic N) is 2. The summed E-state index contributed by atoms with van der Waals surface area (Å²) < 4.78 is 0. The van der Waals surface area contributed by atoms with E-state index in [0.29, 0.717) is 17.5 Å². The normalized spacial score (nSPS) is 22.2. The van der Waals surface area contributed by atoms with Gasteiger partial charge in [-0.05, 0) is 6.08 Å². The van der Waals surface area contributed by atoms with Crippen LogP contribution in [0.1, 0.15) is 0 Å². The first-order chi connectivity index (χ1) is 5.77. The van der Waals surface area contributed by atoms with Crippen LogP contribution in [0.4, 0.5) is 0 Å². The lowest BCUT2D eigenvalue weighted by molar-refractivity contribution is 1.34. The van der Waals surface area contributed by atoms with Crippen LogP contribution in [0.3, 0.4) is 0 Å². The zero-order valence-electron chi connectivity index (χ0n) is 6.62. The maximum Gasteiger partial charge on any atom is 0.199 e. The number of nitrogens with one attached hydrogen (secondary N) is 1. The Morgan fingerprint density at radius 2 is 2.25 bits per heavy atom. The van der Waals surface area contributed by atoms with Gasteiger partial charge in [-0.1, -0.05) is 19.2 Å². The molecule has 0 aromatic rings. The third-order valence-electron chi connectivity index (χ3n) is 1.23. The van der Waals surface area contributed by atoms with Crippen molar-refractivity contribution in [3.8, 4) is 0 Å². The highest BCUT2D eigenvalue weighted by Crippen LogP contribution is 2.04. The van der Waals surface area contributed by atoms with Gasteiger partial charge < -0.3 is 11.1 Å². The standard InChI is InChI=1S/C8H10N4/c1-3-5-6-7(10-4-2)12-8(9)11-6/h3-5H,1-2H2,(H3,9,10,11,12)/b6-5+. The molecule has 0 saturated heterocycles. The number of allylic oxidation sites excluding steroid dienone is 2. The van der Waals surface area contributed by atoms with Crippen LogP contribution in [-0.4, -0.2) is 11.8 Å². The van der Waals surface area contributed by atoms with Crippen LogP contribution in [-0.2, 0) is 0 Å². The van der Waals surface area contributed by atoms with Crippen LogP contribution in [0.15, 0.2) is 47.2 Å². The highest BCUT2D eigenvalue weighted by atomic mass is 15.2. The molecule has 1 aliphatic rings. The lowest BCUT2D eigenvalue weighted by Gasteiger charge is -1.94. The number of hydrogen-bond acceptors (Lipinski definition) is 3. The molecule has 3 N–H and O–H groups in total. The molecule has 1 heterocycles. The van der Waals surface area contributed by atoms with Crippen molar-refractivity contribution in [1.29, 1.82) is 0 Å². The molecule has 4 heteroatoms. The van der Waals surface area contributed by atoms with E-state index in [1.807, 2.05) is 0 Å². The minimum atomic E-state index is 0.337. The second-order valence-corrected chi connectivity index (χ2v) is 2.07. The third-order valence-corrected chi connectivity index (χ3v) is 1.23. The van der Waals surface area contributed by atoms with Crippen molar-refractivity contribution in [2.45, 2.75) is 0 Å². The zero-order chi connectivity index (χ0) is 8.97. The number of aliphatic imine (C=N–C) groups is 2. The SMILES string of the molecule is C=C/C=C1/N=C(N)N/C1=N/C=C. The van der Waals surface area contributed by atoms with Crippen LogP contribution in [0.2, 0.25) is 0 Å². The fourth-order valence-corrected chi connectivity index (χ4v) is 0.814. The fraction of sp³-hybridized carbons (Fsp3) is 0. The van der Waals surface area contributed by atoms with E-state index in [-0.39, 0.29) is 0 Å². The van der Waals surface area contributed by atoms with Gasteiger partial charge in [-0.15, -0.1) is 0 Å². The van der Waals surface area contributed by atoms with E-state index in [0.717, 1.165) is 0 Å². The molecule has 62 valence electrons. The number of amidine groups is 1. The van der Waals surface area contributed by atoms with Gasteiger partial charge in [-0.3, -0.25) is 0 Å². The summed E-state index contributed by atoms with van der Waals surface area (Å²) in [5.41, 5.74) is 6.09. The van der Waals surface area contributed by atoms with Crippen molar-refractivity contribution in [3.63, 3.8) is 0 Å². The maximum atomic E-state index is 5.42. The van der Waals surface area contributed by atoms with E-state index in [1.54, 1.807) is 12.2 Å². The van der Waals surface area contributed by atoms with E-state index >= 15 is 0 Å². The Bertz CT molecular complexity index is 296. The average molecular weight is 162 g/mol. The quantitative estimate of drug-likeness (QED) is 0.621. The molecule has 4 nitrogen and oxygen atoms in total. The van der Waals surface area contributed by atoms with Crippen LogP contribution in [0.5, 0.6) is 0 Å². The lowest BCUT2D eigenvalue weighted by atomic mass is 10.4. The Morgan fingerprint density at radius 1 is 1.50 bits per heavy atom. The van der Waals surface area contributed by atoms with Gasteiger partial charge in [-0.2, -0.15) is 0 Å². The van der Waals surface area contributed by atoms with Gasteiger partial charge in [0.1, 0.15) is 5.70 Å². The first-order valence-corrected chi connectivity index (χ1v) is 3.41. The topological polar surface area (TPSA) is 62.8 Å². The Hall–Kier alpha value is -1.84. The molecule has 0 radical (unpaired) electrons. The molecule has 0 amide bonds. The number of rotatable bonds is 2. The number of nitrogens with two attached hydrogens (primary N) is 1. The molecule has 12 heavy (non-hydrogen) atoms. The summed E-state index contributed by atoms with van der Waals surface area (Å²) in [5.74, 6) is 0.936. The zero-order valence-corrected chi connectivity index (χ0v) is 6.62. The fourth-order valence-electron chi connectivity index (χ4n) is 0.814. The van der Waals surface area contributed by atoms with Crippen LogP contribution in [0, 0.1) is 0 Å². The molecule has 0 aromatic carbocycles. The highest BCUT2D eigenvalue weighted by molar-refractivity contribution is 6.14. The second kappa shape index (κ2) is 3.52. The van der Waals surface area contributed by atoms with Gasteiger partial charge in [0.25, 0.3) is 0 Å². The third kappa shape index (κ3) is 1.60. The summed E-state index contributed by atoms with van der Waals surface area (Å²) in [6, 6.07) is 0. The van der Waals surface area contributed by atoms with Gasteiger partial charge in [0, 0.05) is 6.20 Å². The smallest absolute Gasteiger partial charge is 0.199 e. The minimum Gasteiger partial charge on any atom is -0.369 e. The lowest BCUT2D eigenvalue weighted by Crippen LogP contribution is -2.30. The predicted octanol–water partition coefficient (Wildman–Crippen LogP) is 0.516. The summed E-state index contributed by atoms with van der Waals surface area (Å²) in [6.45, 7) is 7.02. The van der Waals surface area contributed by atoms with Gasteiger partial charge >= 0.3 is 0 Å². The van der Waals surface area contributed by atoms with E-state index in [1.165, 1.54) is 6.20 Å². The van der Waals surface area contributed by atoms with E-state index in [9.17, 15) is 0 Å². The summed E-state index contributed by atoms with van der Waals surface area (Å²) in [6.07, 6.45) is 4.76. The van der Waals surface area contributed by atoms with Gasteiger partial charge in [0.15, 0.2) is 11.8 Å². The molecular weight excluding hydrogens is 152 g/mol. The van der Waals surface area contributed by atoms with Crippen molar-refractivity contribution >= 4 is 11.8 Å². The molecule has 0 unspecified atom stereocenters.